The Hall–Kier alpha value is -1.55. The number of aryl methyl sites for hydroxylation is 2. The molecule has 0 radical (unpaired) electrons. The summed E-state index contributed by atoms with van der Waals surface area (Å²) in [4.78, 5) is 10.4. The van der Waals surface area contributed by atoms with Crippen LogP contribution >= 0.6 is 0 Å². The van der Waals surface area contributed by atoms with Crippen LogP contribution in [0.2, 0.25) is 0 Å². The summed E-state index contributed by atoms with van der Waals surface area (Å²) in [6.45, 7) is 3.47. The van der Waals surface area contributed by atoms with Crippen molar-refractivity contribution in [2.45, 2.75) is 26.4 Å². The van der Waals surface area contributed by atoms with Gasteiger partial charge in [0.25, 0.3) is 0 Å². The molecule has 1 aromatic rings. The second-order valence-electron chi connectivity index (χ2n) is 3.64. The molecule has 0 fully saturated rings. The Kier molecular flexibility index (Phi) is 3.31. The van der Waals surface area contributed by atoms with E-state index < -0.39 is 12.1 Å². The molecule has 0 amide bonds. The molecule has 0 saturated carbocycles. The maximum absolute atomic E-state index is 10.4. The molecule has 3 N–H and O–H groups in total. The quantitative estimate of drug-likeness (QED) is 0.695. The first-order valence-corrected chi connectivity index (χ1v) is 4.61. The molecular formula is C11H14O4. The highest BCUT2D eigenvalue weighted by atomic mass is 16.4. The average Bonchev–Trinajstić information content (AvgIpc) is 2.13. The third kappa shape index (κ3) is 2.70. The van der Waals surface area contributed by atoms with Crippen molar-refractivity contribution in [2.75, 3.05) is 0 Å². The Labute approximate surface area is 87.8 Å². The molecular weight excluding hydrogens is 196 g/mol. The van der Waals surface area contributed by atoms with Crippen molar-refractivity contribution in [2.24, 2.45) is 0 Å². The van der Waals surface area contributed by atoms with E-state index in [1.54, 1.807) is 26.0 Å². The van der Waals surface area contributed by atoms with Crippen LogP contribution in [0.5, 0.6) is 5.75 Å². The number of benzene rings is 1. The zero-order chi connectivity index (χ0) is 11.6. The van der Waals surface area contributed by atoms with E-state index in [1.165, 1.54) is 0 Å². The van der Waals surface area contributed by atoms with E-state index in [-0.39, 0.29) is 12.2 Å². The molecule has 1 atom stereocenters. The largest absolute Gasteiger partial charge is 0.507 e. The van der Waals surface area contributed by atoms with Crippen LogP contribution in [0.1, 0.15) is 16.7 Å². The van der Waals surface area contributed by atoms with E-state index in [2.05, 4.69) is 0 Å². The van der Waals surface area contributed by atoms with E-state index in [9.17, 15) is 9.90 Å². The Morgan fingerprint density at radius 3 is 2.20 bits per heavy atom. The van der Waals surface area contributed by atoms with Crippen molar-refractivity contribution >= 4 is 5.97 Å². The summed E-state index contributed by atoms with van der Waals surface area (Å²) in [5, 5.41) is 27.2. The van der Waals surface area contributed by atoms with Crippen molar-refractivity contribution in [1.29, 1.82) is 0 Å². The topological polar surface area (TPSA) is 77.8 Å². The molecule has 82 valence electrons. The first-order chi connectivity index (χ1) is 6.91. The molecule has 0 saturated heterocycles. The molecule has 0 aliphatic carbocycles. The number of hydrogen-bond acceptors (Lipinski definition) is 3. The molecule has 4 heteroatoms. The van der Waals surface area contributed by atoms with Crippen molar-refractivity contribution < 1.29 is 20.1 Å². The third-order valence-corrected chi connectivity index (χ3v) is 2.26. The minimum atomic E-state index is -1.40. The number of aromatic hydroxyl groups is 1. The smallest absolute Gasteiger partial charge is 0.332 e. The lowest BCUT2D eigenvalue weighted by atomic mass is 10.0. The SMILES string of the molecule is Cc1cc(C[C@@H](O)C(=O)O)cc(C)c1O. The van der Waals surface area contributed by atoms with Gasteiger partial charge in [0.2, 0.25) is 0 Å². The lowest BCUT2D eigenvalue weighted by molar-refractivity contribution is -0.146. The number of phenolic OH excluding ortho intramolecular Hbond substituents is 1. The van der Waals surface area contributed by atoms with Crippen LogP contribution < -0.4 is 0 Å². The molecule has 0 unspecified atom stereocenters. The minimum absolute atomic E-state index is 0.0529. The standard InChI is InChI=1S/C11H14O4/c1-6-3-8(4-7(2)10(6)13)5-9(12)11(14)15/h3-4,9,12-13H,5H2,1-2H3,(H,14,15)/t9-/m1/s1. The van der Waals surface area contributed by atoms with Crippen LogP contribution in [0.25, 0.3) is 0 Å². The van der Waals surface area contributed by atoms with Gasteiger partial charge in [-0.2, -0.15) is 0 Å². The van der Waals surface area contributed by atoms with Gasteiger partial charge in [-0.3, -0.25) is 0 Å². The zero-order valence-corrected chi connectivity index (χ0v) is 8.69. The Bertz CT molecular complexity index is 361. The Balaban J connectivity index is 2.92. The van der Waals surface area contributed by atoms with Gasteiger partial charge in [-0.1, -0.05) is 12.1 Å². The molecule has 4 nitrogen and oxygen atoms in total. The van der Waals surface area contributed by atoms with Gasteiger partial charge in [0.1, 0.15) is 5.75 Å². The lowest BCUT2D eigenvalue weighted by Gasteiger charge is -2.09. The summed E-state index contributed by atoms with van der Waals surface area (Å²) < 4.78 is 0. The summed E-state index contributed by atoms with van der Waals surface area (Å²) in [6.07, 6.45) is -1.34. The molecule has 0 spiro atoms. The number of hydrogen-bond donors (Lipinski definition) is 3. The fraction of sp³-hybridized carbons (Fsp3) is 0.364. The van der Waals surface area contributed by atoms with E-state index in [4.69, 9.17) is 10.2 Å². The first kappa shape index (κ1) is 11.5. The van der Waals surface area contributed by atoms with Crippen LogP contribution in [-0.2, 0) is 11.2 Å². The maximum Gasteiger partial charge on any atom is 0.332 e. The number of rotatable bonds is 3. The average molecular weight is 210 g/mol. The van der Waals surface area contributed by atoms with Crippen LogP contribution in [0, 0.1) is 13.8 Å². The van der Waals surface area contributed by atoms with Crippen molar-refractivity contribution in [3.63, 3.8) is 0 Å². The van der Waals surface area contributed by atoms with E-state index >= 15 is 0 Å². The highest BCUT2D eigenvalue weighted by molar-refractivity contribution is 5.72. The van der Waals surface area contributed by atoms with Gasteiger partial charge in [-0.25, -0.2) is 4.79 Å². The highest BCUT2D eigenvalue weighted by Crippen LogP contribution is 2.23. The van der Waals surface area contributed by atoms with Gasteiger partial charge in [0.05, 0.1) is 0 Å². The number of aliphatic hydroxyl groups is 1. The molecule has 0 aliphatic heterocycles. The number of carboxylic acids is 1. The summed E-state index contributed by atoms with van der Waals surface area (Å²) in [6, 6.07) is 3.35. The summed E-state index contributed by atoms with van der Waals surface area (Å²) in [7, 11) is 0. The third-order valence-electron chi connectivity index (χ3n) is 2.26. The maximum atomic E-state index is 10.4. The predicted octanol–water partition coefficient (Wildman–Crippen LogP) is 0.997. The number of aliphatic hydroxyl groups excluding tert-OH is 1. The second-order valence-corrected chi connectivity index (χ2v) is 3.64. The van der Waals surface area contributed by atoms with Gasteiger partial charge >= 0.3 is 5.97 Å². The molecule has 0 aromatic heterocycles. The van der Waals surface area contributed by atoms with Crippen LogP contribution in [-0.4, -0.2) is 27.4 Å². The number of carboxylic acid groups (broad SMARTS) is 1. The van der Waals surface area contributed by atoms with Crippen LogP contribution in [0.4, 0.5) is 0 Å². The van der Waals surface area contributed by atoms with Crippen LogP contribution in [0.15, 0.2) is 12.1 Å². The van der Waals surface area contributed by atoms with E-state index in [0.29, 0.717) is 16.7 Å². The number of aliphatic carboxylic acids is 1. The van der Waals surface area contributed by atoms with Gasteiger partial charge in [-0.15, -0.1) is 0 Å². The fourth-order valence-electron chi connectivity index (χ4n) is 1.47. The predicted molar refractivity (Wildman–Crippen MR) is 54.9 cm³/mol. The van der Waals surface area contributed by atoms with Crippen molar-refractivity contribution in [1.82, 2.24) is 0 Å². The molecule has 0 aliphatic rings. The van der Waals surface area contributed by atoms with Gasteiger partial charge in [0, 0.05) is 6.42 Å². The normalized spacial score (nSPS) is 12.5. The van der Waals surface area contributed by atoms with E-state index in [0.717, 1.165) is 0 Å². The Morgan fingerprint density at radius 1 is 1.33 bits per heavy atom. The second kappa shape index (κ2) is 4.31. The number of carbonyl (C=O) groups is 1. The van der Waals surface area contributed by atoms with Gasteiger partial charge in [-0.05, 0) is 30.5 Å². The van der Waals surface area contributed by atoms with Gasteiger partial charge in [0.15, 0.2) is 6.10 Å². The molecule has 1 aromatic carbocycles. The molecule has 0 bridgehead atoms. The molecule has 0 heterocycles. The zero-order valence-electron chi connectivity index (χ0n) is 8.69. The monoisotopic (exact) mass is 210 g/mol. The van der Waals surface area contributed by atoms with Crippen molar-refractivity contribution in [3.8, 4) is 5.75 Å². The van der Waals surface area contributed by atoms with Crippen molar-refractivity contribution in [3.05, 3.63) is 28.8 Å². The van der Waals surface area contributed by atoms with Crippen LogP contribution in [0.3, 0.4) is 0 Å². The minimum Gasteiger partial charge on any atom is -0.507 e. The highest BCUT2D eigenvalue weighted by Gasteiger charge is 2.14. The summed E-state index contributed by atoms with van der Waals surface area (Å²) in [5.41, 5.74) is 2.07. The lowest BCUT2D eigenvalue weighted by Crippen LogP contribution is -2.22. The van der Waals surface area contributed by atoms with E-state index in [1.807, 2.05) is 0 Å². The summed E-state index contributed by atoms with van der Waals surface area (Å²) >= 11 is 0. The Morgan fingerprint density at radius 2 is 1.80 bits per heavy atom. The molecule has 15 heavy (non-hydrogen) atoms. The molecule has 1 rings (SSSR count). The van der Waals surface area contributed by atoms with Gasteiger partial charge < -0.3 is 15.3 Å². The number of phenols is 1. The summed E-state index contributed by atoms with van der Waals surface area (Å²) in [5.74, 6) is -1.03. The fourth-order valence-corrected chi connectivity index (χ4v) is 1.47. The first-order valence-electron chi connectivity index (χ1n) is 4.61.